The van der Waals surface area contributed by atoms with E-state index in [2.05, 4.69) is 33.2 Å². The number of nitrogens with one attached hydrogen (secondary N) is 5. The number of rotatable bonds is 8. The van der Waals surface area contributed by atoms with Gasteiger partial charge in [0.25, 0.3) is 0 Å². The second-order valence-corrected chi connectivity index (χ2v) is 7.54. The number of amides is 2. The number of hydrogen-bond acceptors (Lipinski definition) is 6. The van der Waals surface area contributed by atoms with Crippen molar-refractivity contribution in [3.8, 4) is 0 Å². The van der Waals surface area contributed by atoms with Gasteiger partial charge in [0.2, 0.25) is 0 Å². The Morgan fingerprint density at radius 2 is 2.20 bits per heavy atom. The molecule has 160 valence electrons. The number of piperidine rings is 1. The molecule has 2 unspecified atom stereocenters. The zero-order valence-corrected chi connectivity index (χ0v) is 17.4. The summed E-state index contributed by atoms with van der Waals surface area (Å²) >= 11 is 0. The van der Waals surface area contributed by atoms with Gasteiger partial charge in [0.15, 0.2) is 0 Å². The van der Waals surface area contributed by atoms with Crippen LogP contribution in [0.1, 0.15) is 36.9 Å². The van der Waals surface area contributed by atoms with Crippen LogP contribution in [0.5, 0.6) is 0 Å². The molecule has 0 spiro atoms. The highest BCUT2D eigenvalue weighted by atomic mass is 16.5. The largest absolute Gasteiger partial charge is 0.382 e. The van der Waals surface area contributed by atoms with Crippen molar-refractivity contribution in [3.63, 3.8) is 0 Å². The zero-order chi connectivity index (χ0) is 21.3. The van der Waals surface area contributed by atoms with Crippen molar-refractivity contribution in [3.05, 3.63) is 53.7 Å². The van der Waals surface area contributed by atoms with Gasteiger partial charge in [0.05, 0.1) is 24.5 Å². The number of ether oxygens (including phenoxy) is 1. The minimum atomic E-state index is -0.378. The summed E-state index contributed by atoms with van der Waals surface area (Å²) in [6, 6.07) is 11.5. The van der Waals surface area contributed by atoms with E-state index in [1.807, 2.05) is 30.3 Å². The van der Waals surface area contributed by atoms with Crippen LogP contribution >= 0.6 is 0 Å². The van der Waals surface area contributed by atoms with Crippen LogP contribution in [0.4, 0.5) is 16.3 Å². The molecular formula is C22H30N6O2. The molecule has 2 heterocycles. The fourth-order valence-electron chi connectivity index (χ4n) is 3.65. The summed E-state index contributed by atoms with van der Waals surface area (Å²) < 4.78 is 5.24. The number of carbonyl (C=O) groups excluding carboxylic acids is 1. The number of hydrogen-bond donors (Lipinski definition) is 5. The average molecular weight is 411 g/mol. The van der Waals surface area contributed by atoms with Crippen LogP contribution in [-0.2, 0) is 4.74 Å². The lowest BCUT2D eigenvalue weighted by Crippen LogP contribution is -2.41. The zero-order valence-electron chi connectivity index (χ0n) is 17.4. The van der Waals surface area contributed by atoms with E-state index in [0.717, 1.165) is 30.6 Å². The number of methoxy groups -OCH3 is 1. The van der Waals surface area contributed by atoms with Gasteiger partial charge in [-0.2, -0.15) is 0 Å². The second-order valence-electron chi connectivity index (χ2n) is 7.54. The van der Waals surface area contributed by atoms with E-state index in [1.54, 1.807) is 19.4 Å². The fourth-order valence-corrected chi connectivity index (χ4v) is 3.65. The Balaban J connectivity index is 1.64. The first-order valence-electron chi connectivity index (χ1n) is 10.2. The topological polar surface area (TPSA) is 111 Å². The minimum absolute atomic E-state index is 0.277. The summed E-state index contributed by atoms with van der Waals surface area (Å²) in [6.07, 6.45) is 4.98. The quantitative estimate of drug-likeness (QED) is 0.429. The number of carbonyl (C=O) groups is 1. The van der Waals surface area contributed by atoms with Crippen molar-refractivity contribution in [2.75, 3.05) is 30.9 Å². The molecule has 8 heteroatoms. The van der Waals surface area contributed by atoms with Crippen LogP contribution in [0.15, 0.2) is 42.6 Å². The summed E-state index contributed by atoms with van der Waals surface area (Å²) in [7, 11) is 1.60. The van der Waals surface area contributed by atoms with Crippen molar-refractivity contribution in [2.45, 2.75) is 37.9 Å². The highest BCUT2D eigenvalue weighted by Gasteiger charge is 2.19. The molecule has 2 aromatic rings. The number of urea groups is 1. The molecule has 0 bridgehead atoms. The van der Waals surface area contributed by atoms with Crippen LogP contribution in [-0.4, -0.2) is 49.6 Å². The number of pyridine rings is 1. The number of nitrogens with zero attached hydrogens (tertiary/aromatic N) is 1. The van der Waals surface area contributed by atoms with Crippen molar-refractivity contribution < 1.29 is 9.53 Å². The summed E-state index contributed by atoms with van der Waals surface area (Å²) in [4.78, 5) is 16.9. The smallest absolute Gasteiger partial charge is 0.320 e. The van der Waals surface area contributed by atoms with E-state index in [9.17, 15) is 4.79 Å². The lowest BCUT2D eigenvalue weighted by Gasteiger charge is -2.29. The maximum Gasteiger partial charge on any atom is 0.320 e. The lowest BCUT2D eigenvalue weighted by molar-refractivity contribution is 0.168. The molecule has 0 radical (unpaired) electrons. The van der Waals surface area contributed by atoms with E-state index in [0.29, 0.717) is 30.1 Å². The Labute approximate surface area is 177 Å². The minimum Gasteiger partial charge on any atom is -0.382 e. The van der Waals surface area contributed by atoms with Crippen LogP contribution in [0, 0.1) is 5.41 Å². The highest BCUT2D eigenvalue weighted by molar-refractivity contribution is 5.92. The van der Waals surface area contributed by atoms with Gasteiger partial charge in [-0.1, -0.05) is 30.3 Å². The van der Waals surface area contributed by atoms with E-state index in [4.69, 9.17) is 10.1 Å². The third-order valence-corrected chi connectivity index (χ3v) is 5.16. The van der Waals surface area contributed by atoms with E-state index in [1.165, 1.54) is 6.21 Å². The summed E-state index contributed by atoms with van der Waals surface area (Å²) in [5.74, 6) is 0.388. The van der Waals surface area contributed by atoms with Gasteiger partial charge in [-0.3, -0.25) is 5.32 Å². The molecule has 8 nitrogen and oxygen atoms in total. The maximum atomic E-state index is 12.5. The lowest BCUT2D eigenvalue weighted by atomic mass is 10.00. The molecular weight excluding hydrogens is 380 g/mol. The normalized spacial score (nSPS) is 19.5. The van der Waals surface area contributed by atoms with Gasteiger partial charge < -0.3 is 26.1 Å². The SMILES string of the molecule is COC[C@@H](NC(=O)Nc1cc(C=N)c(NC2CCNC(C)C2)cn1)c1ccccc1. The first kappa shape index (κ1) is 21.7. The van der Waals surface area contributed by atoms with Crippen LogP contribution < -0.4 is 21.3 Å². The fraction of sp³-hybridized carbons (Fsp3) is 0.409. The predicted molar refractivity (Wildman–Crippen MR) is 119 cm³/mol. The van der Waals surface area contributed by atoms with E-state index >= 15 is 0 Å². The van der Waals surface area contributed by atoms with Gasteiger partial charge in [-0.05, 0) is 37.9 Å². The Hall–Kier alpha value is -2.97. The molecule has 1 aliphatic heterocycles. The molecule has 3 atom stereocenters. The Morgan fingerprint density at radius 1 is 1.40 bits per heavy atom. The van der Waals surface area contributed by atoms with Crippen molar-refractivity contribution in [2.24, 2.45) is 0 Å². The maximum absolute atomic E-state index is 12.5. The summed E-state index contributed by atoms with van der Waals surface area (Å²) in [5, 5.41) is 20.3. The van der Waals surface area contributed by atoms with Crippen molar-refractivity contribution >= 4 is 23.8 Å². The molecule has 0 saturated carbocycles. The van der Waals surface area contributed by atoms with Crippen molar-refractivity contribution in [1.82, 2.24) is 15.6 Å². The van der Waals surface area contributed by atoms with Gasteiger partial charge in [-0.25, -0.2) is 9.78 Å². The third-order valence-electron chi connectivity index (χ3n) is 5.16. The van der Waals surface area contributed by atoms with Gasteiger partial charge in [0, 0.05) is 31.0 Å². The Kier molecular flexibility index (Phi) is 7.75. The third kappa shape index (κ3) is 6.01. The number of aromatic nitrogens is 1. The Bertz CT molecular complexity index is 845. The highest BCUT2D eigenvalue weighted by Crippen LogP contribution is 2.21. The molecule has 1 saturated heterocycles. The molecule has 5 N–H and O–H groups in total. The van der Waals surface area contributed by atoms with Crippen LogP contribution in [0.3, 0.4) is 0 Å². The molecule has 30 heavy (non-hydrogen) atoms. The van der Waals surface area contributed by atoms with Gasteiger partial charge in [0.1, 0.15) is 5.82 Å². The van der Waals surface area contributed by atoms with Crippen LogP contribution in [0.2, 0.25) is 0 Å². The monoisotopic (exact) mass is 410 g/mol. The van der Waals surface area contributed by atoms with Gasteiger partial charge in [-0.15, -0.1) is 0 Å². The average Bonchev–Trinajstić information content (AvgIpc) is 2.75. The predicted octanol–water partition coefficient (Wildman–Crippen LogP) is 3.14. The number of benzene rings is 1. The summed E-state index contributed by atoms with van der Waals surface area (Å²) in [5.41, 5.74) is 2.44. The standard InChI is InChI=1S/C22H30N6O2/c1-15-10-18(8-9-24-15)26-19-13-25-21(11-17(19)12-23)28-22(29)27-20(14-30-2)16-6-4-3-5-7-16/h3-7,11-13,15,18,20,23-24,26H,8-10,14H2,1-2H3,(H2,25,27,28,29)/t15?,18?,20-/m1/s1. The number of anilines is 2. The Morgan fingerprint density at radius 3 is 2.90 bits per heavy atom. The molecule has 0 aliphatic carbocycles. The molecule has 3 rings (SSSR count). The first-order valence-corrected chi connectivity index (χ1v) is 10.2. The molecule has 1 fully saturated rings. The molecule has 1 aliphatic rings. The van der Waals surface area contributed by atoms with E-state index in [-0.39, 0.29) is 12.1 Å². The van der Waals surface area contributed by atoms with Crippen LogP contribution in [0.25, 0.3) is 0 Å². The first-order chi connectivity index (χ1) is 14.6. The second kappa shape index (κ2) is 10.7. The summed E-state index contributed by atoms with van der Waals surface area (Å²) in [6.45, 7) is 3.49. The molecule has 2 amide bonds. The van der Waals surface area contributed by atoms with E-state index < -0.39 is 0 Å². The molecule has 1 aromatic heterocycles. The molecule has 1 aromatic carbocycles. The van der Waals surface area contributed by atoms with Gasteiger partial charge >= 0.3 is 6.03 Å². The van der Waals surface area contributed by atoms with Crippen molar-refractivity contribution in [1.29, 1.82) is 5.41 Å².